The number of hydrogen-bond donors (Lipinski definition) is 0. The monoisotopic (exact) mass is 391 g/mol. The Morgan fingerprint density at radius 1 is 0.880 bits per heavy atom. The number of carbonyl (C=O) groups excluding carboxylic acids is 1. The van der Waals surface area contributed by atoms with Gasteiger partial charge in [0, 0.05) is 23.1 Å². The van der Waals surface area contributed by atoms with Crippen molar-refractivity contribution < 1.29 is 26.3 Å². The van der Waals surface area contributed by atoms with Gasteiger partial charge in [0.25, 0.3) is 0 Å². The smallest absolute Gasteiger partial charge is 0.228 e. The highest BCUT2D eigenvalue weighted by Crippen LogP contribution is 2.19. The van der Waals surface area contributed by atoms with Crippen molar-refractivity contribution in [2.75, 3.05) is 0 Å². The fourth-order valence-electron chi connectivity index (χ4n) is 3.25. The molecule has 0 atom stereocenters. The lowest BCUT2D eigenvalue weighted by molar-refractivity contribution is -0.657. The first kappa shape index (κ1) is 17.3. The summed E-state index contributed by atoms with van der Waals surface area (Å²) in [5, 5.41) is 3.27. The Balaban J connectivity index is 0.00000182. The van der Waals surface area contributed by atoms with Crippen LogP contribution in [0.2, 0.25) is 0 Å². The van der Waals surface area contributed by atoms with E-state index in [4.69, 9.17) is 0 Å². The molecule has 0 bridgehead atoms. The molecular weight excluding hydrogens is 374 g/mol. The van der Waals surface area contributed by atoms with Gasteiger partial charge in [0.1, 0.15) is 0 Å². The minimum absolute atomic E-state index is 0. The summed E-state index contributed by atoms with van der Waals surface area (Å²) in [6.45, 7) is 2.42. The average Bonchev–Trinajstić information content (AvgIpc) is 2.61. The van der Waals surface area contributed by atoms with Crippen LogP contribution >= 0.6 is 0 Å². The minimum Gasteiger partial charge on any atom is -1.00 e. The molecule has 4 aromatic rings. The van der Waals surface area contributed by atoms with E-state index in [-0.39, 0.29) is 22.8 Å². The van der Waals surface area contributed by atoms with Gasteiger partial charge in [-0.2, -0.15) is 4.57 Å². The van der Waals surface area contributed by atoms with E-state index >= 15 is 0 Å². The van der Waals surface area contributed by atoms with E-state index in [0.717, 1.165) is 27.2 Å². The number of aromatic nitrogens is 1. The Bertz CT molecular complexity index is 1070. The molecule has 1 aromatic heterocycles. The lowest BCUT2D eigenvalue weighted by Gasteiger charge is -2.05. The second kappa shape index (κ2) is 7.16. The van der Waals surface area contributed by atoms with Crippen molar-refractivity contribution in [3.8, 4) is 0 Å². The zero-order valence-electron chi connectivity index (χ0n) is 13.9. The highest BCUT2D eigenvalue weighted by atomic mass is 79.9. The van der Waals surface area contributed by atoms with Crippen molar-refractivity contribution in [2.45, 2.75) is 13.5 Å². The third kappa shape index (κ3) is 3.33. The van der Waals surface area contributed by atoms with E-state index in [2.05, 4.69) is 31.2 Å². The maximum atomic E-state index is 12.9. The van der Waals surface area contributed by atoms with Gasteiger partial charge in [0.05, 0.1) is 0 Å². The zero-order valence-corrected chi connectivity index (χ0v) is 15.5. The maximum Gasteiger partial charge on any atom is 0.228 e. The summed E-state index contributed by atoms with van der Waals surface area (Å²) in [5.41, 5.74) is 3.09. The summed E-state index contributed by atoms with van der Waals surface area (Å²) in [6.07, 6.45) is 1.97. The van der Waals surface area contributed by atoms with Gasteiger partial charge in [-0.05, 0) is 29.8 Å². The summed E-state index contributed by atoms with van der Waals surface area (Å²) in [5.74, 6) is 0.130. The largest absolute Gasteiger partial charge is 1.00 e. The Labute approximate surface area is 157 Å². The molecule has 0 saturated heterocycles. The fourth-order valence-corrected chi connectivity index (χ4v) is 3.25. The number of ketones is 1. The van der Waals surface area contributed by atoms with Crippen LogP contribution in [0.1, 0.15) is 15.9 Å². The summed E-state index contributed by atoms with van der Waals surface area (Å²) < 4.78 is 2.03. The molecule has 0 aliphatic rings. The molecule has 0 fully saturated rings. The molecule has 0 aliphatic carbocycles. The number of aryl methyl sites for hydroxylation is 1. The van der Waals surface area contributed by atoms with Gasteiger partial charge in [-0.3, -0.25) is 4.79 Å². The molecule has 0 N–H and O–H groups in total. The van der Waals surface area contributed by atoms with Crippen molar-refractivity contribution in [1.29, 1.82) is 0 Å². The fraction of sp³-hybridized carbons (Fsp3) is 0.0909. The van der Waals surface area contributed by atoms with Crippen molar-refractivity contribution in [3.05, 3.63) is 90.1 Å². The minimum atomic E-state index is 0. The number of halogens is 1. The molecule has 0 unspecified atom stereocenters. The summed E-state index contributed by atoms with van der Waals surface area (Å²) in [4.78, 5) is 12.9. The SMILES string of the molecule is Cc1ccc2c(ccc[n+]2CC(=O)c2cccc3ccccc23)c1.[Br-]. The second-order valence-electron chi connectivity index (χ2n) is 6.15. The number of benzene rings is 3. The number of hydrogen-bond acceptors (Lipinski definition) is 1. The van der Waals surface area contributed by atoms with Gasteiger partial charge in [-0.25, -0.2) is 0 Å². The first-order valence-electron chi connectivity index (χ1n) is 8.12. The van der Waals surface area contributed by atoms with Crippen molar-refractivity contribution in [2.24, 2.45) is 0 Å². The van der Waals surface area contributed by atoms with Crippen molar-refractivity contribution in [3.63, 3.8) is 0 Å². The van der Waals surface area contributed by atoms with Crippen LogP contribution in [-0.2, 0) is 6.54 Å². The molecule has 25 heavy (non-hydrogen) atoms. The van der Waals surface area contributed by atoms with Crippen LogP contribution in [0.4, 0.5) is 0 Å². The van der Waals surface area contributed by atoms with Gasteiger partial charge >= 0.3 is 0 Å². The standard InChI is InChI=1S/C22H18NO.BrH/c1-16-11-12-21-18(14-16)8-5-13-23(21)15-22(24)20-10-4-7-17-6-2-3-9-19(17)20;/h2-14H,15H2,1H3;1H/q+1;/p-1. The second-order valence-corrected chi connectivity index (χ2v) is 6.15. The van der Waals surface area contributed by atoms with E-state index in [1.807, 2.05) is 59.3 Å². The van der Waals surface area contributed by atoms with Gasteiger partial charge in [-0.15, -0.1) is 0 Å². The van der Waals surface area contributed by atoms with Gasteiger partial charge < -0.3 is 17.0 Å². The van der Waals surface area contributed by atoms with Gasteiger partial charge in [0.2, 0.25) is 17.8 Å². The Kier molecular flexibility index (Phi) is 4.95. The van der Waals surface area contributed by atoms with E-state index in [1.54, 1.807) is 0 Å². The molecule has 1 heterocycles. The first-order chi connectivity index (χ1) is 11.7. The molecule has 0 aliphatic heterocycles. The number of pyridine rings is 1. The van der Waals surface area contributed by atoms with Crippen LogP contribution in [0.25, 0.3) is 21.7 Å². The molecule has 0 amide bonds. The molecule has 3 aromatic carbocycles. The average molecular weight is 392 g/mol. The summed E-state index contributed by atoms with van der Waals surface area (Å²) in [6, 6.07) is 24.3. The quantitative estimate of drug-likeness (QED) is 0.382. The summed E-state index contributed by atoms with van der Waals surface area (Å²) >= 11 is 0. The van der Waals surface area contributed by atoms with Crippen LogP contribution in [-0.4, -0.2) is 5.78 Å². The number of nitrogens with zero attached hydrogens (tertiary/aromatic N) is 1. The molecular formula is C22H18BrNO. The van der Waals surface area contributed by atoms with Gasteiger partial charge in [-0.1, -0.05) is 54.1 Å². The van der Waals surface area contributed by atoms with Crippen molar-refractivity contribution >= 4 is 27.5 Å². The van der Waals surface area contributed by atoms with Crippen LogP contribution in [0.5, 0.6) is 0 Å². The van der Waals surface area contributed by atoms with E-state index in [1.165, 1.54) is 5.56 Å². The van der Waals surface area contributed by atoms with Crippen molar-refractivity contribution in [1.82, 2.24) is 0 Å². The highest BCUT2D eigenvalue weighted by molar-refractivity contribution is 6.07. The Hall–Kier alpha value is -2.52. The lowest BCUT2D eigenvalue weighted by Crippen LogP contribution is -3.00. The predicted octanol–water partition coefficient (Wildman–Crippen LogP) is 1.48. The molecule has 0 spiro atoms. The van der Waals surface area contributed by atoms with Crippen LogP contribution in [0.15, 0.2) is 79.0 Å². The van der Waals surface area contributed by atoms with Crippen LogP contribution in [0.3, 0.4) is 0 Å². The molecule has 4 rings (SSSR count). The van der Waals surface area contributed by atoms with E-state index in [0.29, 0.717) is 6.54 Å². The summed E-state index contributed by atoms with van der Waals surface area (Å²) in [7, 11) is 0. The maximum absolute atomic E-state index is 12.9. The number of rotatable bonds is 3. The van der Waals surface area contributed by atoms with Gasteiger partial charge in [0.15, 0.2) is 6.20 Å². The van der Waals surface area contributed by atoms with Crippen LogP contribution < -0.4 is 21.5 Å². The van der Waals surface area contributed by atoms with E-state index < -0.39 is 0 Å². The normalized spacial score (nSPS) is 10.6. The topological polar surface area (TPSA) is 20.9 Å². The predicted molar refractivity (Wildman–Crippen MR) is 97.2 cm³/mol. The molecule has 124 valence electrons. The molecule has 2 nitrogen and oxygen atoms in total. The Morgan fingerprint density at radius 2 is 1.64 bits per heavy atom. The first-order valence-corrected chi connectivity index (χ1v) is 8.12. The highest BCUT2D eigenvalue weighted by Gasteiger charge is 2.17. The zero-order chi connectivity index (χ0) is 16.5. The molecule has 0 radical (unpaired) electrons. The van der Waals surface area contributed by atoms with Crippen LogP contribution in [0, 0.1) is 6.92 Å². The van der Waals surface area contributed by atoms with E-state index in [9.17, 15) is 4.79 Å². The molecule has 0 saturated carbocycles. The number of fused-ring (bicyclic) bond motifs is 2. The third-order valence-electron chi connectivity index (χ3n) is 4.44. The Morgan fingerprint density at radius 3 is 2.52 bits per heavy atom. The number of carbonyl (C=O) groups is 1. The number of Topliss-reactive ketones (excluding diaryl/α,β-unsaturated/α-hetero) is 1. The molecule has 3 heteroatoms. The lowest BCUT2D eigenvalue weighted by atomic mass is 10.0. The third-order valence-corrected chi connectivity index (χ3v) is 4.44.